The van der Waals surface area contributed by atoms with Gasteiger partial charge in [0.1, 0.15) is 6.61 Å². The number of carbonyl (C=O) groups is 1. The van der Waals surface area contributed by atoms with Crippen LogP contribution in [-0.4, -0.2) is 51.5 Å². The number of hydrogen-bond acceptors (Lipinski definition) is 4. The van der Waals surface area contributed by atoms with Crippen LogP contribution in [0.5, 0.6) is 0 Å². The van der Waals surface area contributed by atoms with E-state index in [2.05, 4.69) is 31.4 Å². The zero-order chi connectivity index (χ0) is 13.9. The van der Waals surface area contributed by atoms with Gasteiger partial charge in [-0.1, -0.05) is 0 Å². The highest BCUT2D eigenvalue weighted by molar-refractivity contribution is 5.77. The van der Waals surface area contributed by atoms with E-state index >= 15 is 0 Å². The second-order valence-corrected chi connectivity index (χ2v) is 5.28. The molecule has 0 radical (unpaired) electrons. The summed E-state index contributed by atoms with van der Waals surface area (Å²) < 4.78 is 10.2. The maximum absolute atomic E-state index is 11.0. The van der Waals surface area contributed by atoms with E-state index in [4.69, 9.17) is 9.47 Å². The Morgan fingerprint density at radius 3 is 2.28 bits per heavy atom. The van der Waals surface area contributed by atoms with Crippen LogP contribution in [0, 0.1) is 0 Å². The molecule has 0 saturated carbocycles. The van der Waals surface area contributed by atoms with Crippen molar-refractivity contribution in [1.29, 1.82) is 0 Å². The third-order valence-corrected chi connectivity index (χ3v) is 2.18. The molecule has 0 aromatic heterocycles. The molecule has 5 nitrogen and oxygen atoms in total. The highest BCUT2D eigenvalue weighted by Crippen LogP contribution is 1.97. The van der Waals surface area contributed by atoms with Crippen LogP contribution in [0.4, 0.5) is 0 Å². The molecule has 0 aliphatic carbocycles. The summed E-state index contributed by atoms with van der Waals surface area (Å²) in [7, 11) is 1.51. The molecular weight excluding hydrogens is 232 g/mol. The number of rotatable bonds is 10. The van der Waals surface area contributed by atoms with Gasteiger partial charge >= 0.3 is 0 Å². The summed E-state index contributed by atoms with van der Waals surface area (Å²) >= 11 is 0. The molecule has 5 heteroatoms. The van der Waals surface area contributed by atoms with Gasteiger partial charge in [-0.3, -0.25) is 4.79 Å². The summed E-state index contributed by atoms with van der Waals surface area (Å²) in [5.74, 6) is -0.0770. The average molecular weight is 260 g/mol. The lowest BCUT2D eigenvalue weighted by Gasteiger charge is -2.20. The highest BCUT2D eigenvalue weighted by atomic mass is 16.5. The molecule has 1 amide bonds. The molecule has 0 aromatic carbocycles. The monoisotopic (exact) mass is 260 g/mol. The molecular formula is C13H28N2O3. The Bertz CT molecular complexity index is 215. The zero-order valence-corrected chi connectivity index (χ0v) is 12.2. The van der Waals surface area contributed by atoms with Crippen LogP contribution in [0.25, 0.3) is 0 Å². The van der Waals surface area contributed by atoms with E-state index < -0.39 is 0 Å². The normalized spacial score (nSPS) is 11.6. The van der Waals surface area contributed by atoms with Crippen molar-refractivity contribution in [3.05, 3.63) is 0 Å². The first-order valence-corrected chi connectivity index (χ1v) is 6.54. The van der Waals surface area contributed by atoms with Crippen LogP contribution >= 0.6 is 0 Å². The molecule has 0 aromatic rings. The molecule has 0 saturated heterocycles. The van der Waals surface area contributed by atoms with Crippen LogP contribution in [-0.2, 0) is 14.3 Å². The zero-order valence-electron chi connectivity index (χ0n) is 12.2. The molecule has 0 spiro atoms. The van der Waals surface area contributed by atoms with Gasteiger partial charge in [0.2, 0.25) is 5.91 Å². The minimum atomic E-state index is -0.0770. The molecule has 0 atom stereocenters. The summed E-state index contributed by atoms with van der Waals surface area (Å²) in [5, 5.41) is 6.15. The summed E-state index contributed by atoms with van der Waals surface area (Å²) in [6.07, 6.45) is 1.84. The van der Waals surface area contributed by atoms with Crippen LogP contribution in [0.3, 0.4) is 0 Å². The standard InChI is InChI=1S/C13H28N2O3/c1-13(2,3)15-8-6-10-18-9-5-7-14-12(16)11-17-4/h15H,5-11H2,1-4H3,(H,14,16). The van der Waals surface area contributed by atoms with E-state index in [9.17, 15) is 4.79 Å². The predicted molar refractivity (Wildman–Crippen MR) is 72.7 cm³/mol. The predicted octanol–water partition coefficient (Wildman–Crippen LogP) is 0.934. The van der Waals surface area contributed by atoms with Crippen LogP contribution < -0.4 is 10.6 Å². The summed E-state index contributed by atoms with van der Waals surface area (Å²) in [6, 6.07) is 0. The summed E-state index contributed by atoms with van der Waals surface area (Å²) in [4.78, 5) is 11.0. The summed E-state index contributed by atoms with van der Waals surface area (Å²) in [6.45, 7) is 9.62. The van der Waals surface area contributed by atoms with Gasteiger partial charge in [0.15, 0.2) is 0 Å². The topological polar surface area (TPSA) is 59.6 Å². The van der Waals surface area contributed by atoms with Crippen molar-refractivity contribution in [2.75, 3.05) is 40.0 Å². The van der Waals surface area contributed by atoms with Gasteiger partial charge in [-0.25, -0.2) is 0 Å². The molecule has 2 N–H and O–H groups in total. The molecule has 0 heterocycles. The smallest absolute Gasteiger partial charge is 0.245 e. The van der Waals surface area contributed by atoms with Gasteiger partial charge in [-0.2, -0.15) is 0 Å². The van der Waals surface area contributed by atoms with Crippen molar-refractivity contribution in [3.63, 3.8) is 0 Å². The minimum absolute atomic E-state index is 0.0770. The lowest BCUT2D eigenvalue weighted by Crippen LogP contribution is -2.36. The van der Waals surface area contributed by atoms with Crippen molar-refractivity contribution < 1.29 is 14.3 Å². The lowest BCUT2D eigenvalue weighted by molar-refractivity contribution is -0.124. The third kappa shape index (κ3) is 13.4. The molecule has 0 fully saturated rings. The maximum atomic E-state index is 11.0. The average Bonchev–Trinajstić information content (AvgIpc) is 2.25. The number of hydrogen-bond donors (Lipinski definition) is 2. The number of methoxy groups -OCH3 is 1. The van der Waals surface area contributed by atoms with Gasteiger partial charge in [0.25, 0.3) is 0 Å². The SMILES string of the molecule is COCC(=O)NCCCOCCCNC(C)(C)C. The fourth-order valence-electron chi connectivity index (χ4n) is 1.32. The minimum Gasteiger partial charge on any atom is -0.381 e. The number of carbonyl (C=O) groups excluding carboxylic acids is 1. The van der Waals surface area contributed by atoms with Gasteiger partial charge in [0, 0.05) is 32.4 Å². The highest BCUT2D eigenvalue weighted by Gasteiger charge is 2.06. The Labute approximate surface area is 111 Å². The molecule has 0 aliphatic heterocycles. The lowest BCUT2D eigenvalue weighted by atomic mass is 10.1. The number of amides is 1. The number of nitrogens with one attached hydrogen (secondary N) is 2. The maximum Gasteiger partial charge on any atom is 0.245 e. The molecule has 0 bridgehead atoms. The Morgan fingerprint density at radius 2 is 1.72 bits per heavy atom. The molecule has 18 heavy (non-hydrogen) atoms. The molecule has 0 rings (SSSR count). The Kier molecular flexibility index (Phi) is 9.92. The van der Waals surface area contributed by atoms with Gasteiger partial charge in [-0.05, 0) is 40.2 Å². The van der Waals surface area contributed by atoms with Gasteiger partial charge < -0.3 is 20.1 Å². The van der Waals surface area contributed by atoms with E-state index in [1.807, 2.05) is 0 Å². The van der Waals surface area contributed by atoms with Crippen molar-refractivity contribution >= 4 is 5.91 Å². The first kappa shape index (κ1) is 17.4. The van der Waals surface area contributed by atoms with E-state index in [0.29, 0.717) is 13.2 Å². The third-order valence-electron chi connectivity index (χ3n) is 2.18. The fourth-order valence-corrected chi connectivity index (χ4v) is 1.32. The van der Waals surface area contributed by atoms with E-state index in [0.717, 1.165) is 26.0 Å². The van der Waals surface area contributed by atoms with Crippen molar-refractivity contribution in [2.45, 2.75) is 39.2 Å². The van der Waals surface area contributed by atoms with Gasteiger partial charge in [-0.15, -0.1) is 0 Å². The van der Waals surface area contributed by atoms with Crippen LogP contribution in [0.15, 0.2) is 0 Å². The molecule has 0 unspecified atom stereocenters. The van der Waals surface area contributed by atoms with Gasteiger partial charge in [0.05, 0.1) is 0 Å². The molecule has 0 aliphatic rings. The largest absolute Gasteiger partial charge is 0.381 e. The Hall–Kier alpha value is -0.650. The van der Waals surface area contributed by atoms with Crippen LogP contribution in [0.2, 0.25) is 0 Å². The second-order valence-electron chi connectivity index (χ2n) is 5.28. The van der Waals surface area contributed by atoms with Crippen molar-refractivity contribution in [2.24, 2.45) is 0 Å². The first-order chi connectivity index (χ1) is 8.45. The van der Waals surface area contributed by atoms with Crippen molar-refractivity contribution in [1.82, 2.24) is 10.6 Å². The van der Waals surface area contributed by atoms with E-state index in [-0.39, 0.29) is 18.1 Å². The first-order valence-electron chi connectivity index (χ1n) is 6.54. The van der Waals surface area contributed by atoms with E-state index in [1.54, 1.807) is 0 Å². The number of ether oxygens (including phenoxy) is 2. The Morgan fingerprint density at radius 1 is 1.11 bits per heavy atom. The second kappa shape index (κ2) is 10.3. The quantitative estimate of drug-likeness (QED) is 0.574. The summed E-state index contributed by atoms with van der Waals surface area (Å²) in [5.41, 5.74) is 0.172. The molecule has 108 valence electrons. The van der Waals surface area contributed by atoms with Crippen LogP contribution in [0.1, 0.15) is 33.6 Å². The Balaban J connectivity index is 3.15. The van der Waals surface area contributed by atoms with Crippen molar-refractivity contribution in [3.8, 4) is 0 Å². The van der Waals surface area contributed by atoms with E-state index in [1.165, 1.54) is 7.11 Å². The fraction of sp³-hybridized carbons (Fsp3) is 0.923.